The van der Waals surface area contributed by atoms with Gasteiger partial charge in [0.15, 0.2) is 5.65 Å². The average Bonchev–Trinajstić information content (AvgIpc) is 3.27. The second-order valence-corrected chi connectivity index (χ2v) is 9.45. The van der Waals surface area contributed by atoms with E-state index < -0.39 is 0 Å². The number of carbonyl (C=O) groups excluding carboxylic acids is 2. The summed E-state index contributed by atoms with van der Waals surface area (Å²) in [7, 11) is 1.75. The van der Waals surface area contributed by atoms with Crippen LogP contribution in [0.5, 0.6) is 0 Å². The van der Waals surface area contributed by atoms with Crippen LogP contribution in [0.4, 0.5) is 0 Å². The maximum Gasteiger partial charge on any atom is 0.253 e. The van der Waals surface area contributed by atoms with E-state index >= 15 is 0 Å². The Kier molecular flexibility index (Phi) is 7.35. The highest BCUT2D eigenvalue weighted by molar-refractivity contribution is 6.06. The number of aromatic amines is 1. The molecule has 3 aromatic rings. The lowest BCUT2D eigenvalue weighted by Gasteiger charge is -2.26. The number of carbonyl (C=O) groups is 2. The summed E-state index contributed by atoms with van der Waals surface area (Å²) in [5, 5.41) is 10.9. The summed E-state index contributed by atoms with van der Waals surface area (Å²) in [4.78, 5) is 47.5. The van der Waals surface area contributed by atoms with Gasteiger partial charge >= 0.3 is 0 Å². The van der Waals surface area contributed by atoms with E-state index in [1.807, 2.05) is 39.8 Å². The molecule has 190 valence electrons. The fourth-order valence-electron chi connectivity index (χ4n) is 4.50. The molecule has 0 aromatic carbocycles. The van der Waals surface area contributed by atoms with Crippen molar-refractivity contribution < 1.29 is 9.59 Å². The standard InChI is InChI=1S/C26H33N7O3/c1-15(2)33-24-21(13-29-33)19(25(35)28-12-20-16(3)10-17(4)30-26(20)36)11-22(31-24)18-6-8-32(9-7-18)23(34)14-27-5/h6,10-11,13,15,27H,7-9,12,14H2,1-5H3,(H,28,35)(H,30,36). The first-order valence-electron chi connectivity index (χ1n) is 12.2. The predicted octanol–water partition coefficient (Wildman–Crippen LogP) is 2.08. The van der Waals surface area contributed by atoms with Crippen molar-refractivity contribution in [2.45, 2.75) is 46.7 Å². The van der Waals surface area contributed by atoms with Crippen LogP contribution in [0.25, 0.3) is 16.6 Å². The molecule has 4 heterocycles. The lowest BCUT2D eigenvalue weighted by atomic mass is 10.0. The van der Waals surface area contributed by atoms with Crippen molar-refractivity contribution in [2.75, 3.05) is 26.7 Å². The Balaban J connectivity index is 1.67. The highest BCUT2D eigenvalue weighted by Gasteiger charge is 2.22. The number of nitrogens with zero attached hydrogens (tertiary/aromatic N) is 4. The normalized spacial score (nSPS) is 13.8. The lowest BCUT2D eigenvalue weighted by molar-refractivity contribution is -0.129. The van der Waals surface area contributed by atoms with Crippen molar-refractivity contribution in [3.63, 3.8) is 0 Å². The number of pyridine rings is 2. The quantitative estimate of drug-likeness (QED) is 0.465. The first-order chi connectivity index (χ1) is 17.2. The number of likely N-dealkylation sites (N-methyl/N-ethyl adjacent to an activating group) is 1. The van der Waals surface area contributed by atoms with Crippen molar-refractivity contribution >= 4 is 28.4 Å². The van der Waals surface area contributed by atoms with Gasteiger partial charge in [0.1, 0.15) is 0 Å². The molecule has 0 atom stereocenters. The lowest BCUT2D eigenvalue weighted by Crippen LogP contribution is -2.39. The summed E-state index contributed by atoms with van der Waals surface area (Å²) in [5.41, 5.74) is 4.70. The van der Waals surface area contributed by atoms with Gasteiger partial charge in [-0.05, 0) is 64.4 Å². The molecule has 0 spiro atoms. The number of rotatable bonds is 7. The van der Waals surface area contributed by atoms with Gasteiger partial charge in [0.25, 0.3) is 11.5 Å². The Morgan fingerprint density at radius 2 is 2.00 bits per heavy atom. The summed E-state index contributed by atoms with van der Waals surface area (Å²) in [6.45, 7) is 9.21. The van der Waals surface area contributed by atoms with Crippen LogP contribution in [-0.2, 0) is 11.3 Å². The number of hydrogen-bond donors (Lipinski definition) is 3. The van der Waals surface area contributed by atoms with E-state index in [1.165, 1.54) is 0 Å². The van der Waals surface area contributed by atoms with Gasteiger partial charge in [-0.3, -0.25) is 14.4 Å². The zero-order chi connectivity index (χ0) is 26.0. The van der Waals surface area contributed by atoms with E-state index in [0.29, 0.717) is 53.9 Å². The number of H-pyrrole nitrogens is 1. The Morgan fingerprint density at radius 3 is 2.64 bits per heavy atom. The molecule has 1 aliphatic heterocycles. The van der Waals surface area contributed by atoms with E-state index in [9.17, 15) is 14.4 Å². The molecular formula is C26H33N7O3. The second kappa shape index (κ2) is 10.4. The van der Waals surface area contributed by atoms with Gasteiger partial charge in [-0.15, -0.1) is 0 Å². The fraction of sp³-hybridized carbons (Fsp3) is 0.423. The molecule has 3 N–H and O–H groups in total. The first-order valence-corrected chi connectivity index (χ1v) is 12.2. The van der Waals surface area contributed by atoms with Crippen molar-refractivity contribution in [1.82, 2.24) is 35.3 Å². The van der Waals surface area contributed by atoms with Gasteiger partial charge in [0.2, 0.25) is 5.91 Å². The molecule has 0 saturated carbocycles. The van der Waals surface area contributed by atoms with Crippen LogP contribution in [-0.4, -0.2) is 63.1 Å². The van der Waals surface area contributed by atoms with Gasteiger partial charge in [0.05, 0.1) is 29.4 Å². The van der Waals surface area contributed by atoms with Crippen LogP contribution in [0.15, 0.2) is 29.2 Å². The van der Waals surface area contributed by atoms with Gasteiger partial charge in [-0.25, -0.2) is 9.67 Å². The average molecular weight is 492 g/mol. The Bertz CT molecular complexity index is 1400. The molecule has 1 aliphatic rings. The van der Waals surface area contributed by atoms with E-state index in [2.05, 4.69) is 20.7 Å². The van der Waals surface area contributed by atoms with Crippen LogP contribution in [0.2, 0.25) is 0 Å². The number of aryl methyl sites for hydroxylation is 2. The van der Waals surface area contributed by atoms with Crippen LogP contribution < -0.4 is 16.2 Å². The molecule has 0 bridgehead atoms. The molecule has 3 aromatic heterocycles. The zero-order valence-electron chi connectivity index (χ0n) is 21.4. The maximum atomic E-state index is 13.4. The topological polar surface area (TPSA) is 125 Å². The molecule has 0 fully saturated rings. The summed E-state index contributed by atoms with van der Waals surface area (Å²) >= 11 is 0. The van der Waals surface area contributed by atoms with E-state index in [4.69, 9.17) is 4.98 Å². The van der Waals surface area contributed by atoms with E-state index in [-0.39, 0.29) is 30.0 Å². The molecule has 4 rings (SSSR count). The zero-order valence-corrected chi connectivity index (χ0v) is 21.4. The summed E-state index contributed by atoms with van der Waals surface area (Å²) in [6, 6.07) is 3.73. The number of nitrogens with one attached hydrogen (secondary N) is 3. The van der Waals surface area contributed by atoms with Gasteiger partial charge < -0.3 is 20.5 Å². The van der Waals surface area contributed by atoms with Gasteiger partial charge in [-0.2, -0.15) is 5.10 Å². The number of amides is 2. The number of fused-ring (bicyclic) bond motifs is 1. The Morgan fingerprint density at radius 1 is 1.22 bits per heavy atom. The minimum absolute atomic E-state index is 0.0514. The van der Waals surface area contributed by atoms with Gasteiger partial charge in [-0.1, -0.05) is 6.08 Å². The third-order valence-electron chi connectivity index (χ3n) is 6.44. The van der Waals surface area contributed by atoms with Crippen LogP contribution in [0.3, 0.4) is 0 Å². The van der Waals surface area contributed by atoms with Crippen LogP contribution in [0.1, 0.15) is 59.2 Å². The minimum atomic E-state index is -0.298. The monoisotopic (exact) mass is 491 g/mol. The maximum absolute atomic E-state index is 13.4. The second-order valence-electron chi connectivity index (χ2n) is 9.45. The van der Waals surface area contributed by atoms with Crippen LogP contribution in [0, 0.1) is 13.8 Å². The predicted molar refractivity (Wildman–Crippen MR) is 139 cm³/mol. The van der Waals surface area contributed by atoms with Crippen molar-refractivity contribution in [3.05, 3.63) is 62.8 Å². The summed E-state index contributed by atoms with van der Waals surface area (Å²) < 4.78 is 1.80. The van der Waals surface area contributed by atoms with Crippen molar-refractivity contribution in [3.8, 4) is 0 Å². The van der Waals surface area contributed by atoms with Crippen molar-refractivity contribution in [2.24, 2.45) is 0 Å². The Hall–Kier alpha value is -3.79. The van der Waals surface area contributed by atoms with Crippen molar-refractivity contribution in [1.29, 1.82) is 0 Å². The first kappa shape index (κ1) is 25.3. The smallest absolute Gasteiger partial charge is 0.253 e. The van der Waals surface area contributed by atoms with E-state index in [1.54, 1.807) is 28.9 Å². The third kappa shape index (κ3) is 5.08. The minimum Gasteiger partial charge on any atom is -0.348 e. The van der Waals surface area contributed by atoms with Gasteiger partial charge in [0, 0.05) is 36.9 Å². The molecule has 0 saturated heterocycles. The molecule has 36 heavy (non-hydrogen) atoms. The summed E-state index contributed by atoms with van der Waals surface area (Å²) in [5.74, 6) is -0.246. The SMILES string of the molecule is CNCC(=O)N1CC=C(c2cc(C(=O)NCc3c(C)cc(C)[nH]c3=O)c3cnn(C(C)C)c3n2)CC1. The summed E-state index contributed by atoms with van der Waals surface area (Å²) in [6.07, 6.45) is 4.30. The third-order valence-corrected chi connectivity index (χ3v) is 6.44. The fourth-order valence-corrected chi connectivity index (χ4v) is 4.50. The van der Waals surface area contributed by atoms with E-state index in [0.717, 1.165) is 16.8 Å². The molecule has 10 heteroatoms. The Labute approximate surface area is 209 Å². The molecule has 0 unspecified atom stereocenters. The number of hydrogen-bond acceptors (Lipinski definition) is 6. The highest BCUT2D eigenvalue weighted by atomic mass is 16.2. The van der Waals surface area contributed by atoms with Crippen LogP contribution >= 0.6 is 0 Å². The molecule has 0 radical (unpaired) electrons. The highest BCUT2D eigenvalue weighted by Crippen LogP contribution is 2.27. The number of aromatic nitrogens is 4. The molecule has 2 amide bonds. The molecule has 0 aliphatic carbocycles. The molecular weight excluding hydrogens is 458 g/mol. The largest absolute Gasteiger partial charge is 0.348 e. The molecule has 10 nitrogen and oxygen atoms in total.